The number of Topliss-reactive ketones (excluding diaryl/α,β-unsaturated/α-hetero) is 1. The summed E-state index contributed by atoms with van der Waals surface area (Å²) in [7, 11) is 0. The molecule has 2 aromatic carbocycles. The Labute approximate surface area is 151 Å². The lowest BCUT2D eigenvalue weighted by atomic mass is 10.1. The Balaban J connectivity index is 1.77. The van der Waals surface area contributed by atoms with Crippen LogP contribution in [-0.4, -0.2) is 24.1 Å². The molecule has 0 fully saturated rings. The highest BCUT2D eigenvalue weighted by atomic mass is 19.1. The fourth-order valence-corrected chi connectivity index (χ4v) is 2.47. The Morgan fingerprint density at radius 3 is 2.12 bits per heavy atom. The minimum absolute atomic E-state index is 0.00398. The third kappa shape index (κ3) is 5.51. The van der Waals surface area contributed by atoms with Crippen LogP contribution in [0.2, 0.25) is 0 Å². The first kappa shape index (κ1) is 19.3. The monoisotopic (exact) mass is 356 g/mol. The number of nitrogens with one attached hydrogen (secondary N) is 2. The smallest absolute Gasteiger partial charge is 0.243 e. The number of amides is 2. The Kier molecular flexibility index (Phi) is 6.60. The van der Waals surface area contributed by atoms with Gasteiger partial charge < -0.3 is 10.6 Å². The van der Waals surface area contributed by atoms with Crippen molar-refractivity contribution in [3.05, 3.63) is 65.0 Å². The van der Waals surface area contributed by atoms with Crippen LogP contribution >= 0.6 is 0 Å². The summed E-state index contributed by atoms with van der Waals surface area (Å²) in [6.07, 6.45) is -0.0388. The highest BCUT2D eigenvalue weighted by Crippen LogP contribution is 2.19. The second-order valence-electron chi connectivity index (χ2n) is 6.02. The fourth-order valence-electron chi connectivity index (χ4n) is 2.47. The predicted molar refractivity (Wildman–Crippen MR) is 97.5 cm³/mol. The molecule has 0 aliphatic carbocycles. The number of hydrogen-bond acceptors (Lipinski definition) is 3. The molecule has 136 valence electrons. The second kappa shape index (κ2) is 8.89. The first-order valence-corrected chi connectivity index (χ1v) is 8.28. The number of para-hydroxylation sites is 1. The number of halogens is 1. The molecule has 0 aliphatic rings. The van der Waals surface area contributed by atoms with E-state index in [0.717, 1.165) is 16.8 Å². The van der Waals surface area contributed by atoms with Crippen LogP contribution < -0.4 is 10.6 Å². The number of carbonyl (C=O) groups excluding carboxylic acids is 3. The SMILES string of the molecule is Cc1cccc(C)c1NC(=O)CNC(=O)CCC(=O)c1ccc(F)cc1. The van der Waals surface area contributed by atoms with Gasteiger partial charge in [0, 0.05) is 24.1 Å². The van der Waals surface area contributed by atoms with Crippen molar-refractivity contribution in [1.82, 2.24) is 5.32 Å². The van der Waals surface area contributed by atoms with E-state index in [1.165, 1.54) is 24.3 Å². The number of carbonyl (C=O) groups is 3. The molecule has 2 amide bonds. The summed E-state index contributed by atoms with van der Waals surface area (Å²) in [6, 6.07) is 10.8. The van der Waals surface area contributed by atoms with Crippen molar-refractivity contribution >= 4 is 23.3 Å². The van der Waals surface area contributed by atoms with Gasteiger partial charge in [0.15, 0.2) is 5.78 Å². The molecule has 0 atom stereocenters. The van der Waals surface area contributed by atoms with E-state index in [9.17, 15) is 18.8 Å². The third-order valence-electron chi connectivity index (χ3n) is 3.94. The lowest BCUT2D eigenvalue weighted by Gasteiger charge is -2.12. The third-order valence-corrected chi connectivity index (χ3v) is 3.94. The zero-order chi connectivity index (χ0) is 19.1. The Bertz CT molecular complexity index is 796. The van der Waals surface area contributed by atoms with E-state index in [4.69, 9.17) is 0 Å². The van der Waals surface area contributed by atoms with Crippen LogP contribution in [0.3, 0.4) is 0 Å². The minimum Gasteiger partial charge on any atom is -0.347 e. The van der Waals surface area contributed by atoms with Gasteiger partial charge in [-0.15, -0.1) is 0 Å². The largest absolute Gasteiger partial charge is 0.347 e. The number of benzene rings is 2. The molecule has 0 spiro atoms. The van der Waals surface area contributed by atoms with Crippen LogP contribution in [0.4, 0.5) is 10.1 Å². The first-order chi connectivity index (χ1) is 12.4. The van der Waals surface area contributed by atoms with E-state index >= 15 is 0 Å². The highest BCUT2D eigenvalue weighted by Gasteiger charge is 2.12. The van der Waals surface area contributed by atoms with Gasteiger partial charge in [-0.3, -0.25) is 14.4 Å². The molecule has 0 heterocycles. The highest BCUT2D eigenvalue weighted by molar-refractivity contribution is 5.99. The summed E-state index contributed by atoms with van der Waals surface area (Å²) in [4.78, 5) is 35.7. The van der Waals surface area contributed by atoms with Gasteiger partial charge in [0.25, 0.3) is 0 Å². The molecule has 0 unspecified atom stereocenters. The van der Waals surface area contributed by atoms with Crippen molar-refractivity contribution in [2.75, 3.05) is 11.9 Å². The van der Waals surface area contributed by atoms with Gasteiger partial charge in [0.2, 0.25) is 11.8 Å². The quantitative estimate of drug-likeness (QED) is 0.748. The fraction of sp³-hybridized carbons (Fsp3) is 0.250. The average Bonchev–Trinajstić information content (AvgIpc) is 2.61. The van der Waals surface area contributed by atoms with Gasteiger partial charge in [-0.05, 0) is 49.2 Å². The molecule has 2 aromatic rings. The normalized spacial score (nSPS) is 10.3. The van der Waals surface area contributed by atoms with Crippen molar-refractivity contribution in [3.63, 3.8) is 0 Å². The van der Waals surface area contributed by atoms with Crippen LogP contribution in [0.25, 0.3) is 0 Å². The maximum absolute atomic E-state index is 12.8. The number of aryl methyl sites for hydroxylation is 2. The van der Waals surface area contributed by atoms with Crippen molar-refractivity contribution in [2.24, 2.45) is 0 Å². The van der Waals surface area contributed by atoms with Crippen molar-refractivity contribution < 1.29 is 18.8 Å². The molecule has 26 heavy (non-hydrogen) atoms. The van der Waals surface area contributed by atoms with Crippen molar-refractivity contribution in [1.29, 1.82) is 0 Å². The lowest BCUT2D eigenvalue weighted by molar-refractivity contribution is -0.124. The lowest BCUT2D eigenvalue weighted by Crippen LogP contribution is -2.33. The van der Waals surface area contributed by atoms with Gasteiger partial charge in [-0.25, -0.2) is 4.39 Å². The second-order valence-corrected chi connectivity index (χ2v) is 6.02. The topological polar surface area (TPSA) is 75.3 Å². The summed E-state index contributed by atoms with van der Waals surface area (Å²) in [5.74, 6) is -1.40. The number of hydrogen-bond donors (Lipinski definition) is 2. The molecule has 0 aliphatic heterocycles. The zero-order valence-electron chi connectivity index (χ0n) is 14.8. The molecule has 0 saturated carbocycles. The average molecular weight is 356 g/mol. The summed E-state index contributed by atoms with van der Waals surface area (Å²) < 4.78 is 12.8. The molecular formula is C20H21FN2O3. The molecule has 0 aromatic heterocycles. The Morgan fingerprint density at radius 1 is 0.885 bits per heavy atom. The van der Waals surface area contributed by atoms with Crippen molar-refractivity contribution in [2.45, 2.75) is 26.7 Å². The van der Waals surface area contributed by atoms with E-state index in [2.05, 4.69) is 10.6 Å². The van der Waals surface area contributed by atoms with Crippen LogP contribution in [0.1, 0.15) is 34.3 Å². The Morgan fingerprint density at radius 2 is 1.50 bits per heavy atom. The van der Waals surface area contributed by atoms with Gasteiger partial charge >= 0.3 is 0 Å². The summed E-state index contributed by atoms with van der Waals surface area (Å²) in [5, 5.41) is 5.27. The summed E-state index contributed by atoms with van der Waals surface area (Å²) in [6.45, 7) is 3.61. The van der Waals surface area contributed by atoms with Crippen molar-refractivity contribution in [3.8, 4) is 0 Å². The summed E-state index contributed by atoms with van der Waals surface area (Å²) >= 11 is 0. The standard InChI is InChI=1S/C20H21FN2O3/c1-13-4-3-5-14(2)20(13)23-19(26)12-22-18(25)11-10-17(24)15-6-8-16(21)9-7-15/h3-9H,10-12H2,1-2H3,(H,22,25)(H,23,26). The van der Waals surface area contributed by atoms with Gasteiger partial charge in [-0.1, -0.05) is 18.2 Å². The van der Waals surface area contributed by atoms with E-state index in [1.807, 2.05) is 32.0 Å². The maximum Gasteiger partial charge on any atom is 0.243 e. The zero-order valence-corrected chi connectivity index (χ0v) is 14.8. The molecular weight excluding hydrogens is 335 g/mol. The molecule has 6 heteroatoms. The molecule has 0 bridgehead atoms. The molecule has 0 radical (unpaired) electrons. The predicted octanol–water partition coefficient (Wildman–Crippen LogP) is 3.16. The van der Waals surface area contributed by atoms with Crippen LogP contribution in [0.15, 0.2) is 42.5 Å². The molecule has 2 N–H and O–H groups in total. The number of ketones is 1. The minimum atomic E-state index is -0.422. The van der Waals surface area contributed by atoms with Gasteiger partial charge in [0.05, 0.1) is 6.54 Å². The summed E-state index contributed by atoms with van der Waals surface area (Å²) in [5.41, 5.74) is 2.97. The Hall–Kier alpha value is -3.02. The number of rotatable bonds is 7. The van der Waals surface area contributed by atoms with E-state index < -0.39 is 11.7 Å². The van der Waals surface area contributed by atoms with Crippen LogP contribution in [-0.2, 0) is 9.59 Å². The maximum atomic E-state index is 12.8. The molecule has 2 rings (SSSR count). The van der Waals surface area contributed by atoms with Crippen LogP contribution in [0.5, 0.6) is 0 Å². The van der Waals surface area contributed by atoms with E-state index in [1.54, 1.807) is 0 Å². The first-order valence-electron chi connectivity index (χ1n) is 8.28. The molecule has 0 saturated heterocycles. The van der Waals surface area contributed by atoms with E-state index in [0.29, 0.717) is 5.56 Å². The number of anilines is 1. The molecule has 5 nitrogen and oxygen atoms in total. The van der Waals surface area contributed by atoms with Gasteiger partial charge in [0.1, 0.15) is 5.82 Å². The van der Waals surface area contributed by atoms with Crippen LogP contribution in [0, 0.1) is 19.7 Å². The van der Waals surface area contributed by atoms with Gasteiger partial charge in [-0.2, -0.15) is 0 Å². The van der Waals surface area contributed by atoms with E-state index in [-0.39, 0.29) is 31.1 Å².